The van der Waals surface area contributed by atoms with E-state index in [0.717, 1.165) is 12.2 Å². The largest absolute Gasteiger partial charge is 0.374 e. The lowest BCUT2D eigenvalue weighted by molar-refractivity contribution is 0.129. The Morgan fingerprint density at radius 1 is 1.73 bits per heavy atom. The normalized spacial score (nSPS) is 30.8. The van der Waals surface area contributed by atoms with Crippen LogP contribution >= 0.6 is 10.7 Å². The fourth-order valence-corrected chi connectivity index (χ4v) is 2.59. The van der Waals surface area contributed by atoms with Gasteiger partial charge >= 0.3 is 0 Å². The van der Waals surface area contributed by atoms with Crippen molar-refractivity contribution < 1.29 is 17.5 Å². The van der Waals surface area contributed by atoms with Crippen LogP contribution in [0.25, 0.3) is 0 Å². The molecule has 0 radical (unpaired) electrons. The van der Waals surface area contributed by atoms with Crippen LogP contribution in [-0.4, -0.2) is 26.4 Å². The highest BCUT2D eigenvalue weighted by molar-refractivity contribution is 8.15. The number of ether oxygens (including phenoxy) is 1. The van der Waals surface area contributed by atoms with E-state index >= 15 is 0 Å². The van der Waals surface area contributed by atoms with E-state index in [-0.39, 0.29) is 0 Å². The second-order valence-electron chi connectivity index (χ2n) is 2.89. The molecule has 7 heteroatoms. The molecule has 1 aliphatic carbocycles. The minimum absolute atomic E-state index is 0.642. The molecule has 0 aromatic rings. The minimum Gasteiger partial charge on any atom is -0.374 e. The number of halogens is 2. The molecule has 0 saturated heterocycles. The van der Waals surface area contributed by atoms with Crippen LogP contribution < -0.4 is 0 Å². The Labute approximate surface area is 91.0 Å². The van der Waals surface area contributed by atoms with Gasteiger partial charge in [0.15, 0.2) is 0 Å². The average Bonchev–Trinajstić information content (AvgIpc) is 2.15. The van der Waals surface area contributed by atoms with Crippen molar-refractivity contribution in [3.8, 4) is 6.07 Å². The summed E-state index contributed by atoms with van der Waals surface area (Å²) < 4.78 is 38.1. The van der Waals surface area contributed by atoms with Gasteiger partial charge in [-0.05, 0) is 18.2 Å². The molecule has 2 atom stereocenters. The van der Waals surface area contributed by atoms with Crippen LogP contribution in [-0.2, 0) is 13.8 Å². The molecule has 0 N–H and O–H groups in total. The van der Waals surface area contributed by atoms with Crippen molar-refractivity contribution in [3.05, 3.63) is 24.1 Å². The molecule has 0 amide bonds. The number of hydrogen-bond donors (Lipinski definition) is 0. The van der Waals surface area contributed by atoms with E-state index in [1.54, 1.807) is 0 Å². The summed E-state index contributed by atoms with van der Waals surface area (Å²) in [7, 11) is 2.03. The second-order valence-corrected chi connectivity index (χ2v) is 5.66. The molecular formula is C8H7ClFNO3S. The van der Waals surface area contributed by atoms with Gasteiger partial charge in [0.25, 0.3) is 9.05 Å². The van der Waals surface area contributed by atoms with Crippen LogP contribution in [0.4, 0.5) is 4.39 Å². The third-order valence-corrected chi connectivity index (χ3v) is 4.05. The molecule has 1 aliphatic rings. The molecule has 0 aromatic carbocycles. The highest BCUT2D eigenvalue weighted by atomic mass is 35.7. The van der Waals surface area contributed by atoms with E-state index in [2.05, 4.69) is 0 Å². The first-order chi connectivity index (χ1) is 6.87. The number of allylic oxidation sites excluding steroid dienone is 2. The summed E-state index contributed by atoms with van der Waals surface area (Å²) >= 11 is 0. The highest BCUT2D eigenvalue weighted by Crippen LogP contribution is 2.34. The number of nitriles is 1. The van der Waals surface area contributed by atoms with Crippen molar-refractivity contribution in [1.82, 2.24) is 0 Å². The van der Waals surface area contributed by atoms with Crippen molar-refractivity contribution in [1.29, 1.82) is 5.26 Å². The van der Waals surface area contributed by atoms with Crippen LogP contribution in [0.2, 0.25) is 0 Å². The maximum atomic E-state index is 13.0. The maximum Gasteiger partial charge on any atom is 0.258 e. The lowest BCUT2D eigenvalue weighted by Crippen LogP contribution is -2.45. The molecule has 0 heterocycles. The summed E-state index contributed by atoms with van der Waals surface area (Å²) in [6.45, 7) is 0. The molecule has 1 rings (SSSR count). The van der Waals surface area contributed by atoms with Crippen LogP contribution in [0.1, 0.15) is 0 Å². The van der Waals surface area contributed by atoms with Crippen molar-refractivity contribution in [3.63, 3.8) is 0 Å². The Morgan fingerprint density at radius 3 is 2.73 bits per heavy atom. The zero-order valence-corrected chi connectivity index (χ0v) is 9.22. The maximum absolute atomic E-state index is 13.0. The van der Waals surface area contributed by atoms with E-state index in [1.807, 2.05) is 0 Å². The zero-order valence-electron chi connectivity index (χ0n) is 7.65. The SMILES string of the molecule is COC1C=CC(F)=CC1(C#N)S(=O)(=O)Cl. The van der Waals surface area contributed by atoms with E-state index in [4.69, 9.17) is 20.7 Å². The number of hydrogen-bond acceptors (Lipinski definition) is 4. The standard InChI is InChI=1S/C8H7ClFNO3S/c1-14-7-3-2-6(10)4-8(7,5-11)15(9,12)13/h2-4,7H,1H3. The molecule has 0 aliphatic heterocycles. The predicted molar refractivity (Wildman–Crippen MR) is 52.2 cm³/mol. The van der Waals surface area contributed by atoms with E-state index < -0.39 is 25.7 Å². The summed E-state index contributed by atoms with van der Waals surface area (Å²) in [4.78, 5) is 0. The second kappa shape index (κ2) is 3.93. The van der Waals surface area contributed by atoms with Crippen molar-refractivity contribution in [2.75, 3.05) is 7.11 Å². The average molecular weight is 252 g/mol. The molecule has 0 aromatic heterocycles. The highest BCUT2D eigenvalue weighted by Gasteiger charge is 2.50. The third kappa shape index (κ3) is 1.91. The summed E-state index contributed by atoms with van der Waals surface area (Å²) in [5, 5.41) is 8.86. The Bertz CT molecular complexity index is 465. The lowest BCUT2D eigenvalue weighted by Gasteiger charge is -2.28. The van der Waals surface area contributed by atoms with Crippen LogP contribution in [0.3, 0.4) is 0 Å². The molecule has 0 fully saturated rings. The number of methoxy groups -OCH3 is 1. The Balaban J connectivity index is 3.42. The summed E-state index contributed by atoms with van der Waals surface area (Å²) in [5.41, 5.74) is 0. The van der Waals surface area contributed by atoms with Crippen molar-refractivity contribution in [2.24, 2.45) is 0 Å². The number of nitrogens with zero attached hydrogens (tertiary/aromatic N) is 1. The van der Waals surface area contributed by atoms with Crippen molar-refractivity contribution >= 4 is 19.7 Å². The fourth-order valence-electron chi connectivity index (χ4n) is 1.27. The molecule has 4 nitrogen and oxygen atoms in total. The van der Waals surface area contributed by atoms with Gasteiger partial charge in [-0.1, -0.05) is 0 Å². The van der Waals surface area contributed by atoms with Crippen LogP contribution in [0.15, 0.2) is 24.1 Å². The summed E-state index contributed by atoms with van der Waals surface area (Å²) in [6, 6.07) is 1.48. The quantitative estimate of drug-likeness (QED) is 0.693. The smallest absolute Gasteiger partial charge is 0.258 e. The first kappa shape index (κ1) is 12.2. The monoisotopic (exact) mass is 251 g/mol. The van der Waals surface area contributed by atoms with Gasteiger partial charge in [0.05, 0.1) is 6.07 Å². The van der Waals surface area contributed by atoms with E-state index in [9.17, 15) is 12.8 Å². The first-order valence-electron chi connectivity index (χ1n) is 3.82. The van der Waals surface area contributed by atoms with Gasteiger partial charge in [0.1, 0.15) is 11.9 Å². The molecule has 15 heavy (non-hydrogen) atoms. The van der Waals surface area contributed by atoms with Gasteiger partial charge < -0.3 is 4.74 Å². The van der Waals surface area contributed by atoms with Gasteiger partial charge in [-0.3, -0.25) is 0 Å². The molecule has 0 saturated carbocycles. The Hall–Kier alpha value is -0.900. The summed E-state index contributed by atoms with van der Waals surface area (Å²) in [5.74, 6) is -0.839. The molecule has 0 spiro atoms. The van der Waals surface area contributed by atoms with Gasteiger partial charge in [-0.15, -0.1) is 0 Å². The number of rotatable bonds is 2. The molecule has 82 valence electrons. The summed E-state index contributed by atoms with van der Waals surface area (Å²) in [6.07, 6.45) is 1.68. The van der Waals surface area contributed by atoms with E-state index in [1.165, 1.54) is 13.2 Å². The van der Waals surface area contributed by atoms with Crippen molar-refractivity contribution in [2.45, 2.75) is 10.9 Å². The molecule has 2 unspecified atom stereocenters. The first-order valence-corrected chi connectivity index (χ1v) is 6.13. The predicted octanol–water partition coefficient (Wildman–Crippen LogP) is 1.26. The van der Waals surface area contributed by atoms with Gasteiger partial charge in [-0.2, -0.15) is 5.26 Å². The Morgan fingerprint density at radius 2 is 2.33 bits per heavy atom. The van der Waals surface area contributed by atoms with Crippen LogP contribution in [0.5, 0.6) is 0 Å². The minimum atomic E-state index is -4.31. The van der Waals surface area contributed by atoms with Crippen LogP contribution in [0, 0.1) is 11.3 Å². The fraction of sp³-hybridized carbons (Fsp3) is 0.375. The molecule has 0 bridgehead atoms. The van der Waals surface area contributed by atoms with Gasteiger partial charge in [0, 0.05) is 17.8 Å². The Kier molecular flexibility index (Phi) is 3.19. The topological polar surface area (TPSA) is 67.2 Å². The lowest BCUT2D eigenvalue weighted by atomic mass is 9.97. The third-order valence-electron chi connectivity index (χ3n) is 2.04. The van der Waals surface area contributed by atoms with Gasteiger partial charge in [0.2, 0.25) is 4.75 Å². The molecular weight excluding hydrogens is 245 g/mol. The zero-order chi connectivity index (χ0) is 11.7. The van der Waals surface area contributed by atoms with E-state index in [0.29, 0.717) is 6.08 Å². The van der Waals surface area contributed by atoms with Gasteiger partial charge in [-0.25, -0.2) is 12.8 Å².